The summed E-state index contributed by atoms with van der Waals surface area (Å²) in [4.78, 5) is 18.5. The molecule has 1 aromatic heterocycles. The Balaban J connectivity index is 0.000000316. The number of likely N-dealkylation sites (N-methyl/N-ethyl adjacent to an activating group) is 1. The SMILES string of the molecule is CN1CCCCC1CO.N=C(/C=C(\c1ncc(C=O)[nH]1)C(F)(F)F)c1ccc(F)cc1. The fraction of sp³-hybridized carbons (Fsp3) is 0.381. The largest absolute Gasteiger partial charge is 0.420 e. The number of aliphatic hydroxyl groups is 1. The number of halogens is 4. The van der Waals surface area contributed by atoms with E-state index in [1.807, 2.05) is 0 Å². The van der Waals surface area contributed by atoms with Gasteiger partial charge in [0.15, 0.2) is 6.29 Å². The number of aromatic nitrogens is 2. The molecular formula is C21H24F4N4O2. The van der Waals surface area contributed by atoms with E-state index in [2.05, 4.69) is 21.9 Å². The summed E-state index contributed by atoms with van der Waals surface area (Å²) in [6, 6.07) is 4.92. The molecule has 0 spiro atoms. The minimum absolute atomic E-state index is 0.113. The van der Waals surface area contributed by atoms with Crippen LogP contribution in [0.2, 0.25) is 0 Å². The number of allylic oxidation sites excluding steroid dienone is 2. The molecule has 0 saturated carbocycles. The van der Waals surface area contributed by atoms with Gasteiger partial charge in [-0.05, 0) is 62.3 Å². The van der Waals surface area contributed by atoms with Gasteiger partial charge in [0.05, 0.1) is 24.2 Å². The summed E-state index contributed by atoms with van der Waals surface area (Å²) in [6.07, 6.45) is 0.847. The number of benzene rings is 1. The molecule has 1 aliphatic heterocycles. The number of nitrogens with zero attached hydrogens (tertiary/aromatic N) is 2. The molecule has 1 unspecified atom stereocenters. The first-order chi connectivity index (χ1) is 14.7. The van der Waals surface area contributed by atoms with Gasteiger partial charge in [-0.1, -0.05) is 6.42 Å². The fourth-order valence-corrected chi connectivity index (χ4v) is 3.05. The van der Waals surface area contributed by atoms with Crippen molar-refractivity contribution in [2.45, 2.75) is 31.5 Å². The Hall–Kier alpha value is -2.85. The second-order valence-corrected chi connectivity index (χ2v) is 7.09. The second kappa shape index (κ2) is 11.0. The van der Waals surface area contributed by atoms with Crippen LogP contribution >= 0.6 is 0 Å². The van der Waals surface area contributed by atoms with Gasteiger partial charge >= 0.3 is 6.18 Å². The van der Waals surface area contributed by atoms with E-state index in [1.165, 1.54) is 31.4 Å². The van der Waals surface area contributed by atoms with E-state index < -0.39 is 29.1 Å². The van der Waals surface area contributed by atoms with Crippen LogP contribution < -0.4 is 0 Å². The van der Waals surface area contributed by atoms with E-state index in [0.29, 0.717) is 25.0 Å². The first-order valence-corrected chi connectivity index (χ1v) is 9.60. The molecule has 3 rings (SSSR count). The van der Waals surface area contributed by atoms with Gasteiger partial charge in [0.2, 0.25) is 0 Å². The monoisotopic (exact) mass is 440 g/mol. The highest BCUT2D eigenvalue weighted by Crippen LogP contribution is 2.32. The van der Waals surface area contributed by atoms with Crippen molar-refractivity contribution in [3.05, 3.63) is 59.4 Å². The minimum Gasteiger partial charge on any atom is -0.395 e. The third kappa shape index (κ3) is 7.11. The predicted octanol–water partition coefficient (Wildman–Crippen LogP) is 3.84. The highest BCUT2D eigenvalue weighted by Gasteiger charge is 2.37. The number of carbonyl (C=O) groups is 1. The van der Waals surface area contributed by atoms with Crippen LogP contribution in [0.5, 0.6) is 0 Å². The molecule has 1 saturated heterocycles. The van der Waals surface area contributed by atoms with E-state index >= 15 is 0 Å². The van der Waals surface area contributed by atoms with E-state index in [-0.39, 0.29) is 11.3 Å². The maximum Gasteiger partial charge on any atom is 0.420 e. The van der Waals surface area contributed by atoms with Crippen molar-refractivity contribution in [1.82, 2.24) is 14.9 Å². The van der Waals surface area contributed by atoms with Gasteiger partial charge in [-0.15, -0.1) is 0 Å². The molecule has 1 aromatic carbocycles. The summed E-state index contributed by atoms with van der Waals surface area (Å²) in [5.41, 5.74) is -1.66. The third-order valence-electron chi connectivity index (χ3n) is 4.86. The molecule has 2 aromatic rings. The Bertz CT molecular complexity index is 907. The molecule has 0 bridgehead atoms. The molecule has 3 N–H and O–H groups in total. The normalized spacial score (nSPS) is 17.6. The Kier molecular flexibility index (Phi) is 8.64. The molecule has 1 fully saturated rings. The Morgan fingerprint density at radius 3 is 2.48 bits per heavy atom. The summed E-state index contributed by atoms with van der Waals surface area (Å²) in [5.74, 6) is -1.13. The average molecular weight is 440 g/mol. The molecular weight excluding hydrogens is 416 g/mol. The zero-order chi connectivity index (χ0) is 23.0. The molecule has 1 aliphatic rings. The Morgan fingerprint density at radius 1 is 1.32 bits per heavy atom. The molecule has 6 nitrogen and oxygen atoms in total. The first-order valence-electron chi connectivity index (χ1n) is 9.60. The number of alkyl halides is 3. The quantitative estimate of drug-likeness (QED) is 0.374. The molecule has 168 valence electrons. The number of aldehydes is 1. The lowest BCUT2D eigenvalue weighted by Gasteiger charge is -2.30. The smallest absolute Gasteiger partial charge is 0.395 e. The topological polar surface area (TPSA) is 93.1 Å². The van der Waals surface area contributed by atoms with Gasteiger partial charge < -0.3 is 20.4 Å². The number of H-pyrrole nitrogens is 1. The standard InChI is InChI=1S/C14H9F4N3O.C7H15NO/c15-9-3-1-8(2-4-9)12(19)5-11(14(16,17)18)13-20-6-10(7-22)21-13;1-8-5-3-2-4-7(8)6-9/h1-7,19H,(H,20,21);7,9H,2-6H2,1H3/b11-5+,19-12?;. The number of rotatable bonds is 5. The van der Waals surface area contributed by atoms with E-state index in [9.17, 15) is 22.4 Å². The zero-order valence-electron chi connectivity index (χ0n) is 16.9. The van der Waals surface area contributed by atoms with Crippen LogP contribution in [0, 0.1) is 11.2 Å². The van der Waals surface area contributed by atoms with Crippen molar-refractivity contribution in [2.24, 2.45) is 0 Å². The van der Waals surface area contributed by atoms with E-state index in [1.54, 1.807) is 0 Å². The van der Waals surface area contributed by atoms with E-state index in [0.717, 1.165) is 24.9 Å². The Labute approximate surface area is 177 Å². The van der Waals surface area contributed by atoms with Crippen LogP contribution in [0.25, 0.3) is 5.57 Å². The summed E-state index contributed by atoms with van der Waals surface area (Å²) in [7, 11) is 2.08. The van der Waals surface area contributed by atoms with Crippen molar-refractivity contribution in [1.29, 1.82) is 5.41 Å². The Morgan fingerprint density at radius 2 is 2.00 bits per heavy atom. The number of imidazole rings is 1. The summed E-state index contributed by atoms with van der Waals surface area (Å²) in [5, 5.41) is 16.5. The molecule has 2 heterocycles. The fourth-order valence-electron chi connectivity index (χ4n) is 3.05. The minimum atomic E-state index is -4.77. The summed E-state index contributed by atoms with van der Waals surface area (Å²) >= 11 is 0. The lowest BCUT2D eigenvalue weighted by molar-refractivity contribution is -0.0693. The third-order valence-corrected chi connectivity index (χ3v) is 4.86. The molecule has 1 atom stereocenters. The van der Waals surface area contributed by atoms with Crippen molar-refractivity contribution < 1.29 is 27.5 Å². The molecule has 0 amide bonds. The van der Waals surface area contributed by atoms with Crippen LogP contribution in [0.15, 0.2) is 36.5 Å². The lowest BCUT2D eigenvalue weighted by atomic mass is 10.0. The maximum absolute atomic E-state index is 13.1. The highest BCUT2D eigenvalue weighted by molar-refractivity contribution is 6.10. The van der Waals surface area contributed by atoms with Gasteiger partial charge in [-0.2, -0.15) is 13.2 Å². The predicted molar refractivity (Wildman–Crippen MR) is 109 cm³/mol. The lowest BCUT2D eigenvalue weighted by Crippen LogP contribution is -2.38. The summed E-state index contributed by atoms with van der Waals surface area (Å²) in [6.45, 7) is 1.49. The molecule has 0 aliphatic carbocycles. The molecule has 0 radical (unpaired) electrons. The number of nitrogens with one attached hydrogen (secondary N) is 2. The van der Waals surface area contributed by atoms with Crippen molar-refractivity contribution in [3.63, 3.8) is 0 Å². The number of piperidine rings is 1. The van der Waals surface area contributed by atoms with Gasteiger partial charge in [0.25, 0.3) is 0 Å². The van der Waals surface area contributed by atoms with Crippen molar-refractivity contribution in [3.8, 4) is 0 Å². The van der Waals surface area contributed by atoms with Crippen LogP contribution in [0.4, 0.5) is 17.6 Å². The summed E-state index contributed by atoms with van der Waals surface area (Å²) < 4.78 is 52.1. The molecule has 10 heteroatoms. The van der Waals surface area contributed by atoms with Gasteiger partial charge in [-0.3, -0.25) is 4.79 Å². The number of aromatic amines is 1. The number of aliphatic hydroxyl groups excluding tert-OH is 1. The number of hydrogen-bond donors (Lipinski definition) is 3. The average Bonchev–Trinajstić information content (AvgIpc) is 3.21. The molecule has 31 heavy (non-hydrogen) atoms. The first kappa shape index (κ1) is 24.4. The van der Waals surface area contributed by atoms with Crippen LogP contribution in [-0.2, 0) is 0 Å². The van der Waals surface area contributed by atoms with E-state index in [4.69, 9.17) is 10.5 Å². The number of likely N-dealkylation sites (tertiary alicyclic amines) is 1. The second-order valence-electron chi connectivity index (χ2n) is 7.09. The van der Waals surface area contributed by atoms with Gasteiger partial charge in [0.1, 0.15) is 17.2 Å². The highest BCUT2D eigenvalue weighted by atomic mass is 19.4. The number of hydrogen-bond acceptors (Lipinski definition) is 5. The van der Waals surface area contributed by atoms with Crippen LogP contribution in [0.3, 0.4) is 0 Å². The van der Waals surface area contributed by atoms with Crippen LogP contribution in [0.1, 0.15) is 41.1 Å². The van der Waals surface area contributed by atoms with Gasteiger partial charge in [0, 0.05) is 6.04 Å². The van der Waals surface area contributed by atoms with Crippen molar-refractivity contribution in [2.75, 3.05) is 20.2 Å². The number of carbonyl (C=O) groups excluding carboxylic acids is 1. The van der Waals surface area contributed by atoms with Crippen molar-refractivity contribution >= 4 is 17.6 Å². The van der Waals surface area contributed by atoms with Gasteiger partial charge in [-0.25, -0.2) is 9.37 Å². The van der Waals surface area contributed by atoms with Crippen LogP contribution in [-0.4, -0.2) is 64.4 Å². The maximum atomic E-state index is 13.1. The zero-order valence-corrected chi connectivity index (χ0v) is 16.9.